The molecule has 162 valence electrons. The third-order valence-electron chi connectivity index (χ3n) is 6.00. The number of benzene rings is 2. The van der Waals surface area contributed by atoms with Gasteiger partial charge in [-0.15, -0.1) is 0 Å². The zero-order chi connectivity index (χ0) is 22.2. The van der Waals surface area contributed by atoms with Crippen LogP contribution in [0.1, 0.15) is 40.8 Å². The number of halogens is 2. The molecule has 2 aromatic heterocycles. The molecule has 5 nitrogen and oxygen atoms in total. The van der Waals surface area contributed by atoms with Gasteiger partial charge < -0.3 is 9.88 Å². The number of carbonyl (C=O) groups excluding carboxylic acids is 1. The minimum absolute atomic E-state index is 0.177. The van der Waals surface area contributed by atoms with E-state index >= 15 is 0 Å². The van der Waals surface area contributed by atoms with E-state index in [0.717, 1.165) is 35.4 Å². The van der Waals surface area contributed by atoms with Crippen molar-refractivity contribution in [2.75, 3.05) is 13.1 Å². The van der Waals surface area contributed by atoms with Crippen molar-refractivity contribution in [3.05, 3.63) is 83.4 Å². The Balaban J connectivity index is 1.31. The molecular formula is C25H22F2N4O. The number of nitrogens with zero attached hydrogens (tertiary/aromatic N) is 3. The van der Waals surface area contributed by atoms with E-state index in [1.54, 1.807) is 23.1 Å². The number of fused-ring (bicyclic) bond motifs is 1. The molecule has 0 saturated carbocycles. The molecule has 0 bridgehead atoms. The van der Waals surface area contributed by atoms with Crippen LogP contribution in [0.15, 0.2) is 54.6 Å². The Bertz CT molecular complexity index is 1290. The summed E-state index contributed by atoms with van der Waals surface area (Å²) in [6.45, 7) is 3.15. The number of hydrogen-bond acceptors (Lipinski definition) is 3. The average Bonchev–Trinajstić information content (AvgIpc) is 3.22. The van der Waals surface area contributed by atoms with E-state index in [1.807, 2.05) is 13.0 Å². The highest BCUT2D eigenvalue weighted by molar-refractivity contribution is 5.94. The lowest BCUT2D eigenvalue weighted by atomic mass is 9.91. The second-order valence-electron chi connectivity index (χ2n) is 8.24. The monoisotopic (exact) mass is 432 g/mol. The van der Waals surface area contributed by atoms with E-state index in [4.69, 9.17) is 4.98 Å². The largest absolute Gasteiger partial charge is 0.336 e. The number of likely N-dealkylation sites (tertiary alicyclic amines) is 1. The van der Waals surface area contributed by atoms with Gasteiger partial charge >= 0.3 is 0 Å². The lowest BCUT2D eigenvalue weighted by molar-refractivity contribution is 0.0701. The molecule has 1 saturated heterocycles. The molecule has 2 aromatic carbocycles. The van der Waals surface area contributed by atoms with E-state index in [2.05, 4.69) is 16.0 Å². The Morgan fingerprint density at radius 2 is 1.66 bits per heavy atom. The lowest BCUT2D eigenvalue weighted by Crippen LogP contribution is -2.38. The Hall–Kier alpha value is -3.61. The maximum Gasteiger partial charge on any atom is 0.289 e. The number of nitrogens with one attached hydrogen (secondary N) is 1. The van der Waals surface area contributed by atoms with Crippen molar-refractivity contribution in [3.8, 4) is 11.1 Å². The number of rotatable bonds is 3. The van der Waals surface area contributed by atoms with Crippen LogP contribution in [0, 0.1) is 18.6 Å². The number of amides is 1. The van der Waals surface area contributed by atoms with Crippen molar-refractivity contribution < 1.29 is 13.6 Å². The van der Waals surface area contributed by atoms with E-state index in [9.17, 15) is 13.6 Å². The van der Waals surface area contributed by atoms with E-state index < -0.39 is 0 Å². The summed E-state index contributed by atoms with van der Waals surface area (Å²) in [7, 11) is 0. The van der Waals surface area contributed by atoms with Gasteiger partial charge in [0.25, 0.3) is 5.91 Å². The van der Waals surface area contributed by atoms with Gasteiger partial charge in [-0.3, -0.25) is 9.78 Å². The molecule has 0 spiro atoms. The van der Waals surface area contributed by atoms with Crippen LogP contribution in [0.4, 0.5) is 8.78 Å². The van der Waals surface area contributed by atoms with Crippen molar-refractivity contribution in [1.82, 2.24) is 19.9 Å². The number of aryl methyl sites for hydroxylation is 1. The Morgan fingerprint density at radius 3 is 2.41 bits per heavy atom. The molecular weight excluding hydrogens is 410 g/mol. The van der Waals surface area contributed by atoms with Gasteiger partial charge in [0.05, 0.1) is 11.0 Å². The summed E-state index contributed by atoms with van der Waals surface area (Å²) in [5.41, 5.74) is 4.96. The Labute approximate surface area is 184 Å². The molecule has 1 amide bonds. The van der Waals surface area contributed by atoms with Crippen LogP contribution in [0.25, 0.3) is 22.2 Å². The van der Waals surface area contributed by atoms with Gasteiger partial charge in [-0.1, -0.05) is 12.1 Å². The molecule has 1 aliphatic heterocycles. The molecule has 1 aliphatic rings. The first-order valence-electron chi connectivity index (χ1n) is 10.7. The summed E-state index contributed by atoms with van der Waals surface area (Å²) in [6.07, 6.45) is 1.58. The molecule has 1 fully saturated rings. The molecule has 7 heteroatoms. The van der Waals surface area contributed by atoms with E-state index in [1.165, 1.54) is 24.3 Å². The maximum absolute atomic E-state index is 13.4. The summed E-state index contributed by atoms with van der Waals surface area (Å²) in [5, 5.41) is 0. The van der Waals surface area contributed by atoms with Crippen molar-refractivity contribution in [2.45, 2.75) is 25.7 Å². The number of aromatic amines is 1. The number of hydrogen-bond donors (Lipinski definition) is 1. The third kappa shape index (κ3) is 3.98. The van der Waals surface area contributed by atoms with Gasteiger partial charge in [0.1, 0.15) is 11.6 Å². The molecule has 0 unspecified atom stereocenters. The lowest BCUT2D eigenvalue weighted by Gasteiger charge is -2.31. The van der Waals surface area contributed by atoms with Gasteiger partial charge in [0.2, 0.25) is 0 Å². The molecule has 0 atom stereocenters. The predicted molar refractivity (Wildman–Crippen MR) is 118 cm³/mol. The second kappa shape index (κ2) is 8.15. The molecule has 0 radical (unpaired) electrons. The van der Waals surface area contributed by atoms with E-state index in [-0.39, 0.29) is 29.3 Å². The van der Waals surface area contributed by atoms with Crippen molar-refractivity contribution in [3.63, 3.8) is 0 Å². The SMILES string of the molecule is Cc1cc(-c2ccc(F)cc2)cc(C2CCN(C(=O)c3nc4ccc(F)cc4[nH]3)CC2)n1. The minimum atomic E-state index is -0.369. The number of imidazole rings is 1. The first-order valence-corrected chi connectivity index (χ1v) is 10.7. The standard InChI is InChI=1S/C25H22F2N4O/c1-15-12-18(16-2-4-19(26)5-3-16)13-22(28-15)17-8-10-31(11-9-17)25(32)24-29-21-7-6-20(27)14-23(21)30-24/h2-7,12-14,17H,8-11H2,1H3,(H,29,30). The van der Waals surface area contributed by atoms with Crippen LogP contribution < -0.4 is 0 Å². The smallest absolute Gasteiger partial charge is 0.289 e. The predicted octanol–water partition coefficient (Wildman–Crippen LogP) is 5.23. The second-order valence-corrected chi connectivity index (χ2v) is 8.24. The number of pyridine rings is 1. The van der Waals surface area contributed by atoms with Crippen molar-refractivity contribution >= 4 is 16.9 Å². The van der Waals surface area contributed by atoms with Crippen molar-refractivity contribution in [2.24, 2.45) is 0 Å². The average molecular weight is 432 g/mol. The third-order valence-corrected chi connectivity index (χ3v) is 6.00. The number of H-pyrrole nitrogens is 1. The van der Waals surface area contributed by atoms with Crippen LogP contribution in [-0.4, -0.2) is 38.8 Å². The summed E-state index contributed by atoms with van der Waals surface area (Å²) < 4.78 is 26.7. The van der Waals surface area contributed by atoms with Gasteiger partial charge in [-0.05, 0) is 73.4 Å². The molecule has 3 heterocycles. The van der Waals surface area contributed by atoms with Gasteiger partial charge in [-0.2, -0.15) is 0 Å². The Kier molecular flexibility index (Phi) is 5.17. The summed E-state index contributed by atoms with van der Waals surface area (Å²) in [4.78, 5) is 26.7. The highest BCUT2D eigenvalue weighted by Crippen LogP contribution is 2.31. The summed E-state index contributed by atoms with van der Waals surface area (Å²) in [6, 6.07) is 14.8. The number of aromatic nitrogens is 3. The van der Waals surface area contributed by atoms with Crippen LogP contribution in [-0.2, 0) is 0 Å². The zero-order valence-corrected chi connectivity index (χ0v) is 17.6. The molecule has 32 heavy (non-hydrogen) atoms. The topological polar surface area (TPSA) is 61.9 Å². The fourth-order valence-corrected chi connectivity index (χ4v) is 4.32. The zero-order valence-electron chi connectivity index (χ0n) is 17.6. The molecule has 0 aliphatic carbocycles. The summed E-state index contributed by atoms with van der Waals surface area (Å²) in [5.74, 6) is -0.332. The minimum Gasteiger partial charge on any atom is -0.336 e. The number of carbonyl (C=O) groups is 1. The first-order chi connectivity index (χ1) is 15.5. The normalized spacial score (nSPS) is 14.8. The van der Waals surface area contributed by atoms with E-state index in [0.29, 0.717) is 24.1 Å². The Morgan fingerprint density at radius 1 is 0.938 bits per heavy atom. The highest BCUT2D eigenvalue weighted by Gasteiger charge is 2.27. The summed E-state index contributed by atoms with van der Waals surface area (Å²) >= 11 is 0. The van der Waals surface area contributed by atoms with Gasteiger partial charge in [-0.25, -0.2) is 13.8 Å². The number of piperidine rings is 1. The van der Waals surface area contributed by atoms with Crippen molar-refractivity contribution in [1.29, 1.82) is 0 Å². The fraction of sp³-hybridized carbons (Fsp3) is 0.240. The highest BCUT2D eigenvalue weighted by atomic mass is 19.1. The molecule has 1 N–H and O–H groups in total. The van der Waals surface area contributed by atoms with Crippen LogP contribution >= 0.6 is 0 Å². The van der Waals surface area contributed by atoms with Crippen LogP contribution in [0.2, 0.25) is 0 Å². The van der Waals surface area contributed by atoms with Gasteiger partial charge in [0.15, 0.2) is 5.82 Å². The molecule has 4 aromatic rings. The maximum atomic E-state index is 13.4. The first kappa shape index (κ1) is 20.3. The quantitative estimate of drug-likeness (QED) is 0.482. The molecule has 5 rings (SSSR count). The fourth-order valence-electron chi connectivity index (χ4n) is 4.32. The van der Waals surface area contributed by atoms with Gasteiger partial charge in [0, 0.05) is 30.4 Å². The van der Waals surface area contributed by atoms with Crippen LogP contribution in [0.5, 0.6) is 0 Å². The van der Waals surface area contributed by atoms with Crippen LogP contribution in [0.3, 0.4) is 0 Å².